The summed E-state index contributed by atoms with van der Waals surface area (Å²) in [6.07, 6.45) is 3.98. The van der Waals surface area contributed by atoms with Crippen LogP contribution in [0.2, 0.25) is 0 Å². The van der Waals surface area contributed by atoms with Crippen LogP contribution in [0.15, 0.2) is 30.3 Å². The average molecular weight is 302 g/mol. The van der Waals surface area contributed by atoms with Crippen LogP contribution in [0.1, 0.15) is 31.2 Å². The predicted molar refractivity (Wildman–Crippen MR) is 82.2 cm³/mol. The van der Waals surface area contributed by atoms with Gasteiger partial charge >= 0.3 is 6.09 Å². The third-order valence-electron chi connectivity index (χ3n) is 5.06. The molecule has 1 saturated carbocycles. The van der Waals surface area contributed by atoms with Gasteiger partial charge in [0.1, 0.15) is 6.54 Å². The number of carbonyl (C=O) groups excluding carboxylic acids is 2. The number of benzene rings is 1. The standard InChI is InChI=1S/C17H22N2O3/c1-22-16(21)18-11-15(20)19-12-14-9-5-6-10-17(14,19)13-7-3-2-4-8-13/h2-4,7-8,14H,5-6,9-12H2,1H3,(H,18,21). The first-order valence-electron chi connectivity index (χ1n) is 7.86. The summed E-state index contributed by atoms with van der Waals surface area (Å²) >= 11 is 0. The van der Waals surface area contributed by atoms with Gasteiger partial charge < -0.3 is 15.0 Å². The van der Waals surface area contributed by atoms with Crippen LogP contribution in [0.4, 0.5) is 4.79 Å². The van der Waals surface area contributed by atoms with E-state index in [-0.39, 0.29) is 18.0 Å². The number of methoxy groups -OCH3 is 1. The van der Waals surface area contributed by atoms with E-state index >= 15 is 0 Å². The molecule has 22 heavy (non-hydrogen) atoms. The van der Waals surface area contributed by atoms with Gasteiger partial charge in [0.05, 0.1) is 12.6 Å². The number of hydrogen-bond acceptors (Lipinski definition) is 3. The molecule has 1 aromatic carbocycles. The summed E-state index contributed by atoms with van der Waals surface area (Å²) < 4.78 is 4.53. The summed E-state index contributed by atoms with van der Waals surface area (Å²) in [6.45, 7) is 0.782. The van der Waals surface area contributed by atoms with Gasteiger partial charge in [-0.25, -0.2) is 4.79 Å². The summed E-state index contributed by atoms with van der Waals surface area (Å²) in [5.74, 6) is 0.498. The van der Waals surface area contributed by atoms with Crippen molar-refractivity contribution in [3.63, 3.8) is 0 Å². The monoisotopic (exact) mass is 302 g/mol. The predicted octanol–water partition coefficient (Wildman–Crippen LogP) is 2.27. The molecule has 2 unspecified atom stereocenters. The summed E-state index contributed by atoms with van der Waals surface area (Å²) in [5.41, 5.74) is 1.05. The van der Waals surface area contributed by atoms with Crippen molar-refractivity contribution in [1.82, 2.24) is 10.2 Å². The molecule has 0 aromatic heterocycles. The number of nitrogens with one attached hydrogen (secondary N) is 1. The number of nitrogens with zero attached hydrogens (tertiary/aromatic N) is 1. The molecule has 1 aromatic rings. The molecule has 5 nitrogen and oxygen atoms in total. The summed E-state index contributed by atoms with van der Waals surface area (Å²) in [6, 6.07) is 10.3. The highest BCUT2D eigenvalue weighted by Gasteiger charge is 2.56. The number of rotatable bonds is 3. The lowest BCUT2D eigenvalue weighted by Crippen LogP contribution is -2.68. The molecular weight excluding hydrogens is 280 g/mol. The van der Waals surface area contributed by atoms with Gasteiger partial charge in [0, 0.05) is 12.5 Å². The Bertz CT molecular complexity index is 560. The molecule has 1 aliphatic carbocycles. The molecule has 0 bridgehead atoms. The van der Waals surface area contributed by atoms with Crippen molar-refractivity contribution in [2.24, 2.45) is 5.92 Å². The van der Waals surface area contributed by atoms with Gasteiger partial charge in [0.25, 0.3) is 0 Å². The van der Waals surface area contributed by atoms with Crippen LogP contribution in [0.25, 0.3) is 0 Å². The topological polar surface area (TPSA) is 58.6 Å². The number of likely N-dealkylation sites (tertiary alicyclic amines) is 1. The van der Waals surface area contributed by atoms with Crippen molar-refractivity contribution in [2.75, 3.05) is 20.2 Å². The van der Waals surface area contributed by atoms with E-state index in [1.165, 1.54) is 25.5 Å². The number of amides is 2. The minimum atomic E-state index is -0.567. The Kier molecular flexibility index (Phi) is 4.05. The molecule has 1 saturated heterocycles. The molecule has 2 aliphatic rings. The Labute approximate surface area is 130 Å². The molecule has 3 rings (SSSR count). The fourth-order valence-electron chi connectivity index (χ4n) is 4.00. The minimum Gasteiger partial charge on any atom is -0.453 e. The van der Waals surface area contributed by atoms with Gasteiger partial charge in [-0.1, -0.05) is 43.2 Å². The Hall–Kier alpha value is -2.04. The van der Waals surface area contributed by atoms with Gasteiger partial charge in [-0.3, -0.25) is 4.79 Å². The van der Waals surface area contributed by atoms with Crippen LogP contribution < -0.4 is 5.32 Å². The second-order valence-corrected chi connectivity index (χ2v) is 6.08. The van der Waals surface area contributed by atoms with E-state index in [0.717, 1.165) is 19.4 Å². The fourth-order valence-corrected chi connectivity index (χ4v) is 4.00. The van der Waals surface area contributed by atoms with Crippen LogP contribution in [-0.2, 0) is 15.1 Å². The molecule has 0 radical (unpaired) electrons. The summed E-state index contributed by atoms with van der Waals surface area (Å²) in [4.78, 5) is 25.7. The maximum atomic E-state index is 12.5. The minimum absolute atomic E-state index is 0.00598. The number of carbonyl (C=O) groups is 2. The molecule has 1 aliphatic heterocycles. The van der Waals surface area contributed by atoms with Crippen LogP contribution in [0.5, 0.6) is 0 Å². The zero-order chi connectivity index (χ0) is 15.6. The largest absolute Gasteiger partial charge is 0.453 e. The Balaban J connectivity index is 1.80. The maximum absolute atomic E-state index is 12.5. The lowest BCUT2D eigenvalue weighted by Gasteiger charge is -2.61. The first kappa shape index (κ1) is 14.9. The fraction of sp³-hybridized carbons (Fsp3) is 0.529. The number of fused-ring (bicyclic) bond motifs is 1. The zero-order valence-corrected chi connectivity index (χ0v) is 12.9. The second kappa shape index (κ2) is 5.99. The van der Waals surface area contributed by atoms with Crippen LogP contribution in [-0.4, -0.2) is 37.1 Å². The quantitative estimate of drug-likeness (QED) is 0.932. The maximum Gasteiger partial charge on any atom is 0.407 e. The molecule has 1 heterocycles. The van der Waals surface area contributed by atoms with Crippen molar-refractivity contribution >= 4 is 12.0 Å². The highest BCUT2D eigenvalue weighted by Crippen LogP contribution is 2.53. The molecule has 0 spiro atoms. The van der Waals surface area contributed by atoms with Crippen molar-refractivity contribution in [1.29, 1.82) is 0 Å². The van der Waals surface area contributed by atoms with Gasteiger partial charge in [-0.15, -0.1) is 0 Å². The van der Waals surface area contributed by atoms with Gasteiger partial charge in [-0.05, 0) is 18.4 Å². The molecular formula is C17H22N2O3. The van der Waals surface area contributed by atoms with Crippen molar-refractivity contribution in [2.45, 2.75) is 31.2 Å². The Morgan fingerprint density at radius 3 is 2.77 bits per heavy atom. The second-order valence-electron chi connectivity index (χ2n) is 6.08. The SMILES string of the molecule is COC(=O)NCC(=O)N1CC2CCCCC21c1ccccc1. The first-order chi connectivity index (χ1) is 10.7. The van der Waals surface area contributed by atoms with Crippen LogP contribution >= 0.6 is 0 Å². The normalized spacial score (nSPS) is 26.6. The van der Waals surface area contributed by atoms with Crippen LogP contribution in [0.3, 0.4) is 0 Å². The van der Waals surface area contributed by atoms with E-state index < -0.39 is 6.09 Å². The van der Waals surface area contributed by atoms with Crippen molar-refractivity contribution in [3.8, 4) is 0 Å². The lowest BCUT2D eigenvalue weighted by atomic mass is 9.61. The highest BCUT2D eigenvalue weighted by atomic mass is 16.5. The number of alkyl carbamates (subject to hydrolysis) is 1. The van der Waals surface area contributed by atoms with E-state index in [1.807, 2.05) is 23.1 Å². The molecule has 5 heteroatoms. The van der Waals surface area contributed by atoms with E-state index in [9.17, 15) is 9.59 Å². The molecule has 1 N–H and O–H groups in total. The van der Waals surface area contributed by atoms with Gasteiger partial charge in [0.15, 0.2) is 0 Å². The molecule has 118 valence electrons. The van der Waals surface area contributed by atoms with Gasteiger partial charge in [-0.2, -0.15) is 0 Å². The third kappa shape index (κ3) is 2.34. The van der Waals surface area contributed by atoms with Crippen LogP contribution in [0, 0.1) is 5.92 Å². The summed E-state index contributed by atoms with van der Waals surface area (Å²) in [7, 11) is 1.30. The average Bonchev–Trinajstić information content (AvgIpc) is 2.54. The zero-order valence-electron chi connectivity index (χ0n) is 12.9. The van der Waals surface area contributed by atoms with E-state index in [1.54, 1.807) is 0 Å². The third-order valence-corrected chi connectivity index (χ3v) is 5.06. The molecule has 2 atom stereocenters. The van der Waals surface area contributed by atoms with Gasteiger partial charge in [0.2, 0.25) is 5.91 Å². The number of hydrogen-bond donors (Lipinski definition) is 1. The van der Waals surface area contributed by atoms with E-state index in [0.29, 0.717) is 5.92 Å². The summed E-state index contributed by atoms with van der Waals surface area (Å²) in [5, 5.41) is 2.49. The highest BCUT2D eigenvalue weighted by molar-refractivity contribution is 5.84. The van der Waals surface area contributed by atoms with E-state index in [2.05, 4.69) is 22.2 Å². The van der Waals surface area contributed by atoms with E-state index in [4.69, 9.17) is 0 Å². The number of ether oxygens (including phenoxy) is 1. The Morgan fingerprint density at radius 1 is 1.32 bits per heavy atom. The Morgan fingerprint density at radius 2 is 2.09 bits per heavy atom. The lowest BCUT2D eigenvalue weighted by molar-refractivity contribution is -0.165. The van der Waals surface area contributed by atoms with Crippen molar-refractivity contribution in [3.05, 3.63) is 35.9 Å². The molecule has 2 fully saturated rings. The van der Waals surface area contributed by atoms with Crippen molar-refractivity contribution < 1.29 is 14.3 Å². The molecule has 2 amide bonds. The first-order valence-corrected chi connectivity index (χ1v) is 7.86. The smallest absolute Gasteiger partial charge is 0.407 e.